The Hall–Kier alpha value is -2.16. The van der Waals surface area contributed by atoms with E-state index in [2.05, 4.69) is 28.7 Å². The van der Waals surface area contributed by atoms with Crippen LogP contribution in [0, 0.1) is 23.2 Å². The molecule has 0 radical (unpaired) electrons. The SMILES string of the molecule is CC(/C=C/C=C\c1ccccc1)=N\NC(=O)C12CC3CC(CC(C3)C1)C2. The van der Waals surface area contributed by atoms with E-state index in [1.54, 1.807) is 0 Å². The van der Waals surface area contributed by atoms with Gasteiger partial charge in [-0.3, -0.25) is 4.79 Å². The minimum absolute atomic E-state index is 0.130. The van der Waals surface area contributed by atoms with Crippen LogP contribution in [-0.4, -0.2) is 11.6 Å². The smallest absolute Gasteiger partial charge is 0.246 e. The fraction of sp³-hybridized carbons (Fsp3) is 0.478. The van der Waals surface area contributed by atoms with Gasteiger partial charge in [-0.1, -0.05) is 48.6 Å². The zero-order valence-corrected chi connectivity index (χ0v) is 15.5. The number of amides is 1. The molecular formula is C23H28N2O. The number of allylic oxidation sites excluding steroid dienone is 3. The molecule has 4 saturated carbocycles. The van der Waals surface area contributed by atoms with Gasteiger partial charge in [0.1, 0.15) is 0 Å². The van der Waals surface area contributed by atoms with E-state index in [1.807, 2.05) is 43.4 Å². The zero-order valence-electron chi connectivity index (χ0n) is 15.5. The van der Waals surface area contributed by atoms with Crippen LogP contribution >= 0.6 is 0 Å². The van der Waals surface area contributed by atoms with E-state index in [9.17, 15) is 4.79 Å². The van der Waals surface area contributed by atoms with Crippen molar-refractivity contribution in [2.24, 2.45) is 28.3 Å². The monoisotopic (exact) mass is 348 g/mol. The Bertz CT molecular complexity index is 709. The van der Waals surface area contributed by atoms with Gasteiger partial charge in [-0.25, -0.2) is 5.43 Å². The third kappa shape index (κ3) is 3.67. The lowest BCUT2D eigenvalue weighted by Crippen LogP contribution is -2.52. The van der Waals surface area contributed by atoms with E-state index < -0.39 is 0 Å². The first-order valence-corrected chi connectivity index (χ1v) is 9.87. The number of rotatable bonds is 5. The highest BCUT2D eigenvalue weighted by atomic mass is 16.2. The topological polar surface area (TPSA) is 41.5 Å². The summed E-state index contributed by atoms with van der Waals surface area (Å²) in [6, 6.07) is 10.2. The van der Waals surface area contributed by atoms with E-state index in [0.29, 0.717) is 0 Å². The molecule has 0 spiro atoms. The van der Waals surface area contributed by atoms with Crippen molar-refractivity contribution in [1.82, 2.24) is 5.43 Å². The summed E-state index contributed by atoms with van der Waals surface area (Å²) in [6.07, 6.45) is 15.2. The second kappa shape index (κ2) is 7.22. The molecule has 1 aromatic rings. The van der Waals surface area contributed by atoms with Crippen molar-refractivity contribution < 1.29 is 4.79 Å². The summed E-state index contributed by atoms with van der Waals surface area (Å²) in [7, 11) is 0. The second-order valence-electron chi connectivity index (χ2n) is 8.52. The zero-order chi connectivity index (χ0) is 18.0. The number of nitrogens with one attached hydrogen (secondary N) is 1. The van der Waals surface area contributed by atoms with Gasteiger partial charge in [0.25, 0.3) is 0 Å². The lowest BCUT2D eigenvalue weighted by Gasteiger charge is -2.55. The largest absolute Gasteiger partial charge is 0.273 e. The maximum Gasteiger partial charge on any atom is 0.246 e. The van der Waals surface area contributed by atoms with Crippen LogP contribution in [0.3, 0.4) is 0 Å². The van der Waals surface area contributed by atoms with Gasteiger partial charge in [-0.15, -0.1) is 0 Å². The molecule has 5 rings (SSSR count). The van der Waals surface area contributed by atoms with Crippen LogP contribution in [0.15, 0.2) is 53.7 Å². The van der Waals surface area contributed by atoms with Crippen molar-refractivity contribution in [2.75, 3.05) is 0 Å². The van der Waals surface area contributed by atoms with Gasteiger partial charge in [0.15, 0.2) is 0 Å². The Morgan fingerprint density at radius 2 is 1.65 bits per heavy atom. The van der Waals surface area contributed by atoms with Crippen molar-refractivity contribution in [3.63, 3.8) is 0 Å². The van der Waals surface area contributed by atoms with Crippen molar-refractivity contribution in [2.45, 2.75) is 45.4 Å². The predicted molar refractivity (Wildman–Crippen MR) is 106 cm³/mol. The van der Waals surface area contributed by atoms with Gasteiger partial charge >= 0.3 is 0 Å². The number of hydrogen-bond donors (Lipinski definition) is 1. The minimum atomic E-state index is -0.130. The average Bonchev–Trinajstić information content (AvgIpc) is 2.63. The first-order chi connectivity index (χ1) is 12.6. The molecule has 4 bridgehead atoms. The summed E-state index contributed by atoms with van der Waals surface area (Å²) in [5, 5.41) is 4.32. The molecule has 4 aliphatic carbocycles. The quantitative estimate of drug-likeness (QED) is 0.456. The molecule has 0 aliphatic heterocycles. The third-order valence-electron chi connectivity index (χ3n) is 6.39. The van der Waals surface area contributed by atoms with Gasteiger partial charge in [0.05, 0.1) is 11.1 Å². The van der Waals surface area contributed by atoms with E-state index in [1.165, 1.54) is 24.8 Å². The van der Waals surface area contributed by atoms with Crippen LogP contribution in [0.4, 0.5) is 0 Å². The first kappa shape index (κ1) is 17.3. The summed E-state index contributed by atoms with van der Waals surface area (Å²) < 4.78 is 0. The second-order valence-corrected chi connectivity index (χ2v) is 8.52. The van der Waals surface area contributed by atoms with E-state index >= 15 is 0 Å². The predicted octanol–water partition coefficient (Wildman–Crippen LogP) is 4.96. The molecule has 0 saturated heterocycles. The van der Waals surface area contributed by atoms with Crippen molar-refractivity contribution in [3.8, 4) is 0 Å². The number of benzene rings is 1. The maximum atomic E-state index is 12.9. The minimum Gasteiger partial charge on any atom is -0.273 e. The standard InChI is InChI=1S/C23H28N2O/c1-17(7-5-6-10-18-8-3-2-4-9-18)24-25-22(26)23-14-19-11-20(15-23)13-21(12-19)16-23/h2-10,19-21H,11-16H2,1H3,(H,25,26)/b7-5+,10-6-,24-17+. The molecule has 1 amide bonds. The number of hydrazone groups is 1. The normalized spacial score (nSPS) is 33.3. The lowest BCUT2D eigenvalue weighted by atomic mass is 9.49. The molecule has 1 N–H and O–H groups in total. The Morgan fingerprint density at radius 3 is 2.27 bits per heavy atom. The molecule has 1 aromatic carbocycles. The van der Waals surface area contributed by atoms with Gasteiger partial charge in [0, 0.05) is 0 Å². The molecule has 0 heterocycles. The molecule has 26 heavy (non-hydrogen) atoms. The van der Waals surface area contributed by atoms with E-state index in [-0.39, 0.29) is 11.3 Å². The number of nitrogens with zero attached hydrogens (tertiary/aromatic N) is 1. The summed E-state index contributed by atoms with van der Waals surface area (Å²) in [6.45, 7) is 1.92. The third-order valence-corrected chi connectivity index (χ3v) is 6.39. The van der Waals surface area contributed by atoms with Crippen LogP contribution in [0.1, 0.15) is 51.0 Å². The van der Waals surface area contributed by atoms with Gasteiger partial charge in [-0.05, 0) is 74.8 Å². The number of carbonyl (C=O) groups is 1. The van der Waals surface area contributed by atoms with Crippen molar-refractivity contribution in [1.29, 1.82) is 0 Å². The first-order valence-electron chi connectivity index (χ1n) is 9.87. The average molecular weight is 348 g/mol. The molecular weight excluding hydrogens is 320 g/mol. The van der Waals surface area contributed by atoms with Crippen LogP contribution in [0.25, 0.3) is 6.08 Å². The van der Waals surface area contributed by atoms with Gasteiger partial charge in [-0.2, -0.15) is 5.10 Å². The summed E-state index contributed by atoms with van der Waals surface area (Å²) in [4.78, 5) is 12.9. The summed E-state index contributed by atoms with van der Waals surface area (Å²) in [5.41, 5.74) is 4.73. The van der Waals surface area contributed by atoms with Crippen LogP contribution < -0.4 is 5.43 Å². The molecule has 0 aromatic heterocycles. The maximum absolute atomic E-state index is 12.9. The lowest BCUT2D eigenvalue weighted by molar-refractivity contribution is -0.146. The molecule has 4 fully saturated rings. The van der Waals surface area contributed by atoms with Crippen LogP contribution in [0.2, 0.25) is 0 Å². The molecule has 3 heteroatoms. The van der Waals surface area contributed by atoms with Crippen LogP contribution in [0.5, 0.6) is 0 Å². The summed E-state index contributed by atoms with van der Waals surface area (Å²) >= 11 is 0. The van der Waals surface area contributed by atoms with Gasteiger partial charge < -0.3 is 0 Å². The summed E-state index contributed by atoms with van der Waals surface area (Å²) in [5.74, 6) is 2.49. The highest BCUT2D eigenvalue weighted by Gasteiger charge is 2.54. The fourth-order valence-corrected chi connectivity index (χ4v) is 5.61. The molecule has 0 atom stereocenters. The Balaban J connectivity index is 1.33. The Labute approximate surface area is 156 Å². The Kier molecular flexibility index (Phi) is 4.80. The van der Waals surface area contributed by atoms with Crippen molar-refractivity contribution >= 4 is 17.7 Å². The van der Waals surface area contributed by atoms with E-state index in [0.717, 1.165) is 42.7 Å². The molecule has 0 unspecified atom stereocenters. The highest BCUT2D eigenvalue weighted by Crippen LogP contribution is 2.60. The number of carbonyl (C=O) groups excluding carboxylic acids is 1. The molecule has 136 valence electrons. The van der Waals surface area contributed by atoms with E-state index in [4.69, 9.17) is 0 Å². The molecule has 4 aliphatic rings. The number of hydrogen-bond acceptors (Lipinski definition) is 2. The van der Waals surface area contributed by atoms with Gasteiger partial charge in [0.2, 0.25) is 5.91 Å². The fourth-order valence-electron chi connectivity index (χ4n) is 5.61. The molecule has 3 nitrogen and oxygen atoms in total. The van der Waals surface area contributed by atoms with Crippen LogP contribution in [-0.2, 0) is 4.79 Å². The Morgan fingerprint density at radius 1 is 1.04 bits per heavy atom. The van der Waals surface area contributed by atoms with Crippen molar-refractivity contribution in [3.05, 3.63) is 54.1 Å². The highest BCUT2D eigenvalue weighted by molar-refractivity contribution is 5.94.